The molecule has 0 N–H and O–H groups in total. The molecule has 0 aliphatic carbocycles. The van der Waals surface area contributed by atoms with Crippen molar-refractivity contribution < 1.29 is 14.3 Å². The predicted octanol–water partition coefficient (Wildman–Crippen LogP) is 2.72. The van der Waals surface area contributed by atoms with E-state index in [9.17, 15) is 4.79 Å². The molecule has 0 unspecified atom stereocenters. The van der Waals surface area contributed by atoms with Crippen molar-refractivity contribution >= 4 is 6.29 Å². The lowest BCUT2D eigenvalue weighted by molar-refractivity contribution is 0.228. The van der Waals surface area contributed by atoms with Crippen LogP contribution in [0.15, 0.2) is 18.2 Å². The lowest BCUT2D eigenvalue weighted by Crippen LogP contribution is -2.11. The number of ether oxygens (including phenoxy) is 2. The van der Waals surface area contributed by atoms with Gasteiger partial charge in [0.1, 0.15) is 17.1 Å². The molecule has 1 rings (SSSR count). The number of carbonyl (C=O) groups excluding carboxylic acids is 1. The van der Waals surface area contributed by atoms with Crippen LogP contribution in [0.2, 0.25) is 0 Å². The number of benzene rings is 1. The Labute approximate surface area is 96.4 Å². The number of hydrogen-bond donors (Lipinski definition) is 0. The van der Waals surface area contributed by atoms with Gasteiger partial charge in [-0.1, -0.05) is 6.07 Å². The van der Waals surface area contributed by atoms with Gasteiger partial charge in [-0.2, -0.15) is 0 Å². The van der Waals surface area contributed by atoms with E-state index in [4.69, 9.17) is 9.47 Å². The molecule has 0 saturated heterocycles. The molecule has 1 aromatic carbocycles. The summed E-state index contributed by atoms with van der Waals surface area (Å²) in [7, 11) is 0. The molecule has 3 heteroatoms. The average Bonchev–Trinajstić information content (AvgIpc) is 2.16. The first-order valence-electron chi connectivity index (χ1n) is 5.39. The van der Waals surface area contributed by atoms with Gasteiger partial charge in [-0.3, -0.25) is 4.79 Å². The highest BCUT2D eigenvalue weighted by Crippen LogP contribution is 2.28. The summed E-state index contributed by atoms with van der Waals surface area (Å²) in [5.41, 5.74) is 0.352. The van der Waals surface area contributed by atoms with Crippen LogP contribution in [0.25, 0.3) is 0 Å². The topological polar surface area (TPSA) is 35.5 Å². The molecule has 0 heterocycles. The van der Waals surface area contributed by atoms with Gasteiger partial charge in [0.2, 0.25) is 6.29 Å². The Balaban J connectivity index is 3.05. The van der Waals surface area contributed by atoms with Crippen LogP contribution in [0.3, 0.4) is 0 Å². The highest BCUT2D eigenvalue weighted by atomic mass is 16.5. The number of rotatable bonds is 5. The molecular weight excluding hydrogens is 204 g/mol. The molecule has 0 saturated carbocycles. The summed E-state index contributed by atoms with van der Waals surface area (Å²) in [4.78, 5) is 10.9. The second-order valence-corrected chi connectivity index (χ2v) is 4.06. The van der Waals surface area contributed by atoms with Crippen LogP contribution in [0.1, 0.15) is 33.3 Å². The first kappa shape index (κ1) is 12.6. The van der Waals surface area contributed by atoms with Crippen LogP contribution < -0.4 is 9.47 Å². The fourth-order valence-electron chi connectivity index (χ4n) is 1.32. The second-order valence-electron chi connectivity index (χ2n) is 4.06. The third-order valence-corrected chi connectivity index (χ3v) is 1.82. The Hall–Kier alpha value is -1.51. The van der Waals surface area contributed by atoms with E-state index in [1.165, 1.54) is 0 Å². The fourth-order valence-corrected chi connectivity index (χ4v) is 1.32. The van der Waals surface area contributed by atoms with E-state index in [0.717, 1.165) is 0 Å². The van der Waals surface area contributed by atoms with Gasteiger partial charge in [0.15, 0.2) is 0 Å². The van der Waals surface area contributed by atoms with Crippen LogP contribution in [-0.2, 0) is 4.79 Å². The first-order chi connectivity index (χ1) is 7.54. The standard InChI is InChI=1S/C13H17O3/c1-9(2)15-12-6-5-7-13(11(12)8-14)16-10(3)4/h5-7,9-10H,1-4H3. The summed E-state index contributed by atoms with van der Waals surface area (Å²) in [6.07, 6.45) is 1.91. The summed E-state index contributed by atoms with van der Waals surface area (Å²) in [6.45, 7) is 7.63. The molecule has 1 aromatic rings. The summed E-state index contributed by atoms with van der Waals surface area (Å²) < 4.78 is 11.0. The monoisotopic (exact) mass is 221 g/mol. The highest BCUT2D eigenvalue weighted by molar-refractivity contribution is 5.84. The van der Waals surface area contributed by atoms with Crippen LogP contribution in [0.5, 0.6) is 11.5 Å². The van der Waals surface area contributed by atoms with Crippen LogP contribution >= 0.6 is 0 Å². The summed E-state index contributed by atoms with van der Waals surface area (Å²) >= 11 is 0. The third kappa shape index (κ3) is 3.26. The Kier molecular flexibility index (Phi) is 4.35. The highest BCUT2D eigenvalue weighted by Gasteiger charge is 2.12. The average molecular weight is 221 g/mol. The van der Waals surface area contributed by atoms with Gasteiger partial charge in [0.05, 0.1) is 12.2 Å². The van der Waals surface area contributed by atoms with Gasteiger partial charge in [-0.05, 0) is 39.8 Å². The molecule has 0 spiro atoms. The molecule has 1 radical (unpaired) electrons. The lowest BCUT2D eigenvalue weighted by atomic mass is 10.2. The van der Waals surface area contributed by atoms with Crippen LogP contribution in [0, 0.1) is 0 Å². The molecule has 0 fully saturated rings. The van der Waals surface area contributed by atoms with Crippen LogP contribution in [-0.4, -0.2) is 18.5 Å². The minimum Gasteiger partial charge on any atom is -0.490 e. The van der Waals surface area contributed by atoms with Crippen molar-refractivity contribution in [3.05, 3.63) is 23.8 Å². The zero-order valence-corrected chi connectivity index (χ0v) is 10.1. The normalized spacial score (nSPS) is 10.6. The minimum atomic E-state index is 0.0152. The Morgan fingerprint density at radius 3 is 1.75 bits per heavy atom. The SMILES string of the molecule is CC(C)Oc1cccc(OC(C)C)c1[C]=O. The van der Waals surface area contributed by atoms with Crippen molar-refractivity contribution in [1.82, 2.24) is 0 Å². The first-order valence-corrected chi connectivity index (χ1v) is 5.39. The Morgan fingerprint density at radius 2 is 1.44 bits per heavy atom. The Morgan fingerprint density at radius 1 is 1.00 bits per heavy atom. The quantitative estimate of drug-likeness (QED) is 0.767. The maximum absolute atomic E-state index is 10.9. The van der Waals surface area contributed by atoms with Gasteiger partial charge in [0, 0.05) is 0 Å². The van der Waals surface area contributed by atoms with E-state index >= 15 is 0 Å². The zero-order valence-electron chi connectivity index (χ0n) is 10.1. The molecule has 16 heavy (non-hydrogen) atoms. The Bertz CT molecular complexity index is 328. The van der Waals surface area contributed by atoms with Crippen molar-refractivity contribution in [2.45, 2.75) is 39.9 Å². The van der Waals surface area contributed by atoms with Crippen molar-refractivity contribution in [3.63, 3.8) is 0 Å². The number of hydrogen-bond acceptors (Lipinski definition) is 3. The molecular formula is C13H17O3. The van der Waals surface area contributed by atoms with Gasteiger partial charge in [-0.25, -0.2) is 0 Å². The van der Waals surface area contributed by atoms with E-state index in [1.807, 2.05) is 34.0 Å². The van der Waals surface area contributed by atoms with Gasteiger partial charge in [0.25, 0.3) is 0 Å². The lowest BCUT2D eigenvalue weighted by Gasteiger charge is -2.16. The van der Waals surface area contributed by atoms with E-state index in [1.54, 1.807) is 18.2 Å². The van der Waals surface area contributed by atoms with Crippen molar-refractivity contribution in [2.75, 3.05) is 0 Å². The molecule has 0 aliphatic heterocycles. The maximum atomic E-state index is 10.9. The molecule has 0 atom stereocenters. The summed E-state index contributed by atoms with van der Waals surface area (Å²) in [5.74, 6) is 1.03. The molecule has 0 aliphatic rings. The molecule has 0 bridgehead atoms. The second kappa shape index (κ2) is 5.54. The largest absolute Gasteiger partial charge is 0.490 e. The fraction of sp³-hybridized carbons (Fsp3) is 0.462. The van der Waals surface area contributed by atoms with Gasteiger partial charge < -0.3 is 9.47 Å². The smallest absolute Gasteiger partial charge is 0.241 e. The minimum absolute atomic E-state index is 0.0152. The molecule has 87 valence electrons. The van der Waals surface area contributed by atoms with E-state index in [2.05, 4.69) is 0 Å². The van der Waals surface area contributed by atoms with Crippen molar-refractivity contribution in [1.29, 1.82) is 0 Å². The van der Waals surface area contributed by atoms with Crippen molar-refractivity contribution in [2.24, 2.45) is 0 Å². The molecule has 0 amide bonds. The summed E-state index contributed by atoms with van der Waals surface area (Å²) in [5, 5.41) is 0. The van der Waals surface area contributed by atoms with Gasteiger partial charge >= 0.3 is 0 Å². The van der Waals surface area contributed by atoms with E-state index in [0.29, 0.717) is 17.1 Å². The molecule has 3 nitrogen and oxygen atoms in total. The van der Waals surface area contributed by atoms with E-state index in [-0.39, 0.29) is 12.2 Å². The third-order valence-electron chi connectivity index (χ3n) is 1.82. The summed E-state index contributed by atoms with van der Waals surface area (Å²) in [6, 6.07) is 5.29. The van der Waals surface area contributed by atoms with E-state index < -0.39 is 0 Å². The van der Waals surface area contributed by atoms with Crippen LogP contribution in [0.4, 0.5) is 0 Å². The van der Waals surface area contributed by atoms with Crippen molar-refractivity contribution in [3.8, 4) is 11.5 Å². The zero-order chi connectivity index (χ0) is 12.1. The maximum Gasteiger partial charge on any atom is 0.241 e. The molecule has 0 aromatic heterocycles. The van der Waals surface area contributed by atoms with Gasteiger partial charge in [-0.15, -0.1) is 0 Å². The predicted molar refractivity (Wildman–Crippen MR) is 62.8 cm³/mol.